The molecule has 0 saturated heterocycles. The quantitative estimate of drug-likeness (QED) is 0.643. The van der Waals surface area contributed by atoms with Crippen molar-refractivity contribution < 1.29 is 19.2 Å². The van der Waals surface area contributed by atoms with Gasteiger partial charge in [0.15, 0.2) is 5.69 Å². The third-order valence-electron chi connectivity index (χ3n) is 4.15. The van der Waals surface area contributed by atoms with Gasteiger partial charge in [-0.25, -0.2) is 4.79 Å². The number of carbonyl (C=O) groups is 3. The fraction of sp³-hybridized carbons (Fsp3) is 0.105. The Labute approximate surface area is 153 Å². The van der Waals surface area contributed by atoms with Gasteiger partial charge in [0.2, 0.25) is 0 Å². The highest BCUT2D eigenvalue weighted by Gasteiger charge is 2.39. The van der Waals surface area contributed by atoms with Crippen LogP contribution in [0.1, 0.15) is 36.8 Å². The summed E-state index contributed by atoms with van der Waals surface area (Å²) in [4.78, 5) is 41.7. The number of aryl methyl sites for hydroxylation is 2. The molecule has 8 heteroatoms. The number of hydroxylamine groups is 2. The fourth-order valence-corrected chi connectivity index (χ4v) is 2.77. The summed E-state index contributed by atoms with van der Waals surface area (Å²) < 4.78 is 1.51. The zero-order valence-corrected chi connectivity index (χ0v) is 14.1. The first-order chi connectivity index (χ1) is 13.1. The van der Waals surface area contributed by atoms with Gasteiger partial charge in [0.1, 0.15) is 0 Å². The monoisotopic (exact) mass is 362 g/mol. The minimum absolute atomic E-state index is 0.0837. The zero-order valence-electron chi connectivity index (χ0n) is 14.1. The predicted octanol–water partition coefficient (Wildman–Crippen LogP) is 1.89. The number of imide groups is 1. The normalized spacial score (nSPS) is 13.0. The number of hydrogen-bond donors (Lipinski definition) is 0. The number of nitrogens with zero attached hydrogens (tertiary/aromatic N) is 4. The molecule has 0 bridgehead atoms. The van der Waals surface area contributed by atoms with Crippen molar-refractivity contribution in [2.45, 2.75) is 13.0 Å². The van der Waals surface area contributed by atoms with E-state index in [0.717, 1.165) is 12.0 Å². The second kappa shape index (κ2) is 6.83. The number of rotatable bonds is 5. The lowest BCUT2D eigenvalue weighted by atomic mass is 10.1. The van der Waals surface area contributed by atoms with Gasteiger partial charge in [0, 0.05) is 6.54 Å². The molecule has 0 fully saturated rings. The predicted molar refractivity (Wildman–Crippen MR) is 92.5 cm³/mol. The van der Waals surface area contributed by atoms with E-state index in [0.29, 0.717) is 11.6 Å². The lowest BCUT2D eigenvalue weighted by molar-refractivity contribution is -0.0588. The average molecular weight is 362 g/mol. The molecule has 0 N–H and O–H groups in total. The topological polar surface area (TPSA) is 94.4 Å². The highest BCUT2D eigenvalue weighted by molar-refractivity contribution is 6.21. The summed E-state index contributed by atoms with van der Waals surface area (Å²) in [6, 6.07) is 16.1. The van der Waals surface area contributed by atoms with Gasteiger partial charge in [-0.2, -0.15) is 0 Å². The van der Waals surface area contributed by atoms with Crippen LogP contribution >= 0.6 is 0 Å². The standard InChI is InChI=1S/C19H14N4O4/c24-17-14-8-4-5-9-15(14)18(25)23(17)27-19(26)16-12-22(21-20-16)11-10-13-6-2-1-3-7-13/h1-9,12H,10-11H2. The van der Waals surface area contributed by atoms with Gasteiger partial charge in [-0.1, -0.05) is 52.7 Å². The van der Waals surface area contributed by atoms with Crippen LogP contribution in [0.5, 0.6) is 0 Å². The Bertz CT molecular complexity index is 994. The van der Waals surface area contributed by atoms with Crippen LogP contribution in [-0.4, -0.2) is 37.8 Å². The summed E-state index contributed by atoms with van der Waals surface area (Å²) in [5.74, 6) is -2.28. The number of benzene rings is 2. The molecule has 0 aliphatic carbocycles. The maximum Gasteiger partial charge on any atom is 0.385 e. The van der Waals surface area contributed by atoms with E-state index in [-0.39, 0.29) is 16.8 Å². The van der Waals surface area contributed by atoms with Crippen molar-refractivity contribution in [2.24, 2.45) is 0 Å². The van der Waals surface area contributed by atoms with Crippen LogP contribution in [0.3, 0.4) is 0 Å². The lowest BCUT2D eigenvalue weighted by Gasteiger charge is -2.11. The second-order valence-corrected chi connectivity index (χ2v) is 5.93. The van der Waals surface area contributed by atoms with Crippen molar-refractivity contribution in [1.29, 1.82) is 0 Å². The molecule has 2 heterocycles. The molecule has 0 spiro atoms. The lowest BCUT2D eigenvalue weighted by Crippen LogP contribution is -2.32. The maximum atomic E-state index is 12.2. The highest BCUT2D eigenvalue weighted by atomic mass is 16.7. The van der Waals surface area contributed by atoms with Crippen LogP contribution in [0, 0.1) is 0 Å². The second-order valence-electron chi connectivity index (χ2n) is 5.93. The molecule has 3 aromatic rings. The minimum Gasteiger partial charge on any atom is -0.322 e. The van der Waals surface area contributed by atoms with Gasteiger partial charge in [0.05, 0.1) is 17.3 Å². The van der Waals surface area contributed by atoms with E-state index in [1.54, 1.807) is 12.1 Å². The third kappa shape index (κ3) is 3.20. The Balaban J connectivity index is 1.42. The Morgan fingerprint density at radius 2 is 1.56 bits per heavy atom. The van der Waals surface area contributed by atoms with Crippen molar-refractivity contribution in [1.82, 2.24) is 20.1 Å². The summed E-state index contributed by atoms with van der Waals surface area (Å²) >= 11 is 0. The minimum atomic E-state index is -0.921. The van der Waals surface area contributed by atoms with Crippen molar-refractivity contribution in [3.63, 3.8) is 0 Å². The first kappa shape index (κ1) is 16.6. The fourth-order valence-electron chi connectivity index (χ4n) is 2.77. The summed E-state index contributed by atoms with van der Waals surface area (Å²) in [5, 5.41) is 8.10. The molecular formula is C19H14N4O4. The zero-order chi connectivity index (χ0) is 18.8. The Morgan fingerprint density at radius 1 is 0.926 bits per heavy atom. The summed E-state index contributed by atoms with van der Waals surface area (Å²) in [6.07, 6.45) is 2.14. The molecule has 134 valence electrons. The van der Waals surface area contributed by atoms with Crippen LogP contribution in [0.4, 0.5) is 0 Å². The smallest absolute Gasteiger partial charge is 0.322 e. The van der Waals surface area contributed by atoms with Gasteiger partial charge < -0.3 is 4.84 Å². The van der Waals surface area contributed by atoms with Crippen LogP contribution in [0.2, 0.25) is 0 Å². The van der Waals surface area contributed by atoms with Crippen LogP contribution < -0.4 is 0 Å². The number of carbonyl (C=O) groups excluding carboxylic acids is 3. The highest BCUT2D eigenvalue weighted by Crippen LogP contribution is 2.23. The van der Waals surface area contributed by atoms with Crippen molar-refractivity contribution in [3.05, 3.63) is 83.2 Å². The number of aromatic nitrogens is 3. The van der Waals surface area contributed by atoms with E-state index in [9.17, 15) is 14.4 Å². The summed E-state index contributed by atoms with van der Waals surface area (Å²) in [5.41, 5.74) is 1.44. The first-order valence-corrected chi connectivity index (χ1v) is 8.27. The van der Waals surface area contributed by atoms with Crippen LogP contribution in [0.15, 0.2) is 60.8 Å². The first-order valence-electron chi connectivity index (χ1n) is 8.27. The molecule has 1 aliphatic heterocycles. The largest absolute Gasteiger partial charge is 0.385 e. The Kier molecular flexibility index (Phi) is 4.21. The molecular weight excluding hydrogens is 348 g/mol. The van der Waals surface area contributed by atoms with Gasteiger partial charge in [-0.05, 0) is 24.1 Å². The molecule has 0 unspecified atom stereocenters. The molecule has 27 heavy (non-hydrogen) atoms. The Morgan fingerprint density at radius 3 is 2.22 bits per heavy atom. The molecule has 0 radical (unpaired) electrons. The number of amides is 2. The third-order valence-corrected chi connectivity index (χ3v) is 4.15. The van der Waals surface area contributed by atoms with Crippen molar-refractivity contribution in [3.8, 4) is 0 Å². The SMILES string of the molecule is O=C(ON1C(=O)c2ccccc2C1=O)c1cn(CCc2ccccc2)nn1. The molecule has 0 saturated carbocycles. The average Bonchev–Trinajstić information content (AvgIpc) is 3.27. The van der Waals surface area contributed by atoms with Crippen molar-refractivity contribution >= 4 is 17.8 Å². The van der Waals surface area contributed by atoms with Crippen molar-refractivity contribution in [2.75, 3.05) is 0 Å². The van der Waals surface area contributed by atoms with Gasteiger partial charge in [-0.15, -0.1) is 5.10 Å². The van der Waals surface area contributed by atoms with E-state index < -0.39 is 17.8 Å². The molecule has 8 nitrogen and oxygen atoms in total. The van der Waals surface area contributed by atoms with Gasteiger partial charge >= 0.3 is 5.97 Å². The van der Waals surface area contributed by atoms with E-state index in [1.165, 1.54) is 23.0 Å². The van der Waals surface area contributed by atoms with E-state index in [1.807, 2.05) is 30.3 Å². The van der Waals surface area contributed by atoms with E-state index in [2.05, 4.69) is 10.3 Å². The number of hydrogen-bond acceptors (Lipinski definition) is 6. The van der Waals surface area contributed by atoms with Gasteiger partial charge in [-0.3, -0.25) is 14.3 Å². The van der Waals surface area contributed by atoms with E-state index >= 15 is 0 Å². The summed E-state index contributed by atoms with van der Waals surface area (Å²) in [6.45, 7) is 0.525. The molecule has 2 aromatic carbocycles. The summed E-state index contributed by atoms with van der Waals surface area (Å²) in [7, 11) is 0. The maximum absolute atomic E-state index is 12.2. The van der Waals surface area contributed by atoms with Gasteiger partial charge in [0.25, 0.3) is 11.8 Å². The molecule has 2 amide bonds. The molecule has 0 atom stereocenters. The number of fused-ring (bicyclic) bond motifs is 1. The van der Waals surface area contributed by atoms with Crippen LogP contribution in [0.25, 0.3) is 0 Å². The Hall–Kier alpha value is -3.81. The molecule has 4 rings (SSSR count). The van der Waals surface area contributed by atoms with Crippen LogP contribution in [-0.2, 0) is 17.8 Å². The molecule has 1 aromatic heterocycles. The van der Waals surface area contributed by atoms with E-state index in [4.69, 9.17) is 4.84 Å². The molecule has 1 aliphatic rings.